The van der Waals surface area contributed by atoms with E-state index in [0.29, 0.717) is 5.92 Å². The molecule has 0 aliphatic heterocycles. The fourth-order valence-electron chi connectivity index (χ4n) is 1.96. The Kier molecular flexibility index (Phi) is 7.70. The minimum atomic E-state index is 0.678. The van der Waals surface area contributed by atoms with Crippen LogP contribution in [-0.4, -0.2) is 26.2 Å². The molecule has 1 rings (SSSR count). The van der Waals surface area contributed by atoms with Crippen LogP contribution in [0.15, 0.2) is 24.3 Å². The summed E-state index contributed by atoms with van der Waals surface area (Å²) in [6.07, 6.45) is 2.33. The largest absolute Gasteiger partial charge is 0.316 e. The molecule has 0 bridgehead atoms. The second kappa shape index (κ2) is 9.12. The fourth-order valence-corrected chi connectivity index (χ4v) is 1.96. The number of likely N-dealkylation sites (N-methyl/N-ethyl adjacent to an activating group) is 1. The van der Waals surface area contributed by atoms with E-state index in [0.717, 1.165) is 32.6 Å². The number of rotatable bonds is 9. The average Bonchev–Trinajstić information content (AvgIpc) is 2.42. The number of nitrogens with one attached hydrogen (secondary N) is 2. The molecule has 1 aromatic carbocycles. The molecule has 2 nitrogen and oxygen atoms in total. The molecule has 102 valence electrons. The van der Waals surface area contributed by atoms with Crippen molar-refractivity contribution < 1.29 is 0 Å². The van der Waals surface area contributed by atoms with Gasteiger partial charge in [0.05, 0.1) is 0 Å². The van der Waals surface area contributed by atoms with Crippen molar-refractivity contribution in [2.75, 3.05) is 26.2 Å². The van der Waals surface area contributed by atoms with Crippen LogP contribution in [0.25, 0.3) is 0 Å². The molecule has 0 saturated heterocycles. The van der Waals surface area contributed by atoms with E-state index in [9.17, 15) is 0 Å². The van der Waals surface area contributed by atoms with Crippen LogP contribution in [0.3, 0.4) is 0 Å². The Balaban J connectivity index is 2.22. The maximum absolute atomic E-state index is 3.45. The van der Waals surface area contributed by atoms with Crippen molar-refractivity contribution in [3.63, 3.8) is 0 Å². The van der Waals surface area contributed by atoms with Crippen LogP contribution in [-0.2, 0) is 6.42 Å². The zero-order chi connectivity index (χ0) is 13.2. The second-order valence-electron chi connectivity index (χ2n) is 4.90. The molecule has 1 aromatic rings. The van der Waals surface area contributed by atoms with Gasteiger partial charge in [-0.3, -0.25) is 0 Å². The summed E-state index contributed by atoms with van der Waals surface area (Å²) in [5.74, 6) is 0.678. The maximum Gasteiger partial charge on any atom is 0.00768 e. The molecule has 0 spiro atoms. The molecule has 0 heterocycles. The molecule has 0 saturated carbocycles. The highest BCUT2D eigenvalue weighted by Crippen LogP contribution is 2.18. The number of hydrogen-bond donors (Lipinski definition) is 2. The fraction of sp³-hybridized carbons (Fsp3) is 0.625. The number of hydrogen-bond acceptors (Lipinski definition) is 2. The van der Waals surface area contributed by atoms with Gasteiger partial charge in [-0.15, -0.1) is 0 Å². The molecule has 0 aliphatic rings. The first-order chi connectivity index (χ1) is 8.77. The van der Waals surface area contributed by atoms with Gasteiger partial charge < -0.3 is 10.6 Å². The average molecular weight is 248 g/mol. The molecule has 1 unspecified atom stereocenters. The van der Waals surface area contributed by atoms with E-state index < -0.39 is 0 Å². The van der Waals surface area contributed by atoms with Crippen LogP contribution in [0.2, 0.25) is 0 Å². The Morgan fingerprint density at radius 1 is 0.944 bits per heavy atom. The highest BCUT2D eigenvalue weighted by atomic mass is 14.9. The summed E-state index contributed by atoms with van der Waals surface area (Å²) in [5.41, 5.74) is 2.89. The van der Waals surface area contributed by atoms with E-state index in [1.165, 1.54) is 17.5 Å². The van der Waals surface area contributed by atoms with Crippen molar-refractivity contribution >= 4 is 0 Å². The Hall–Kier alpha value is -0.860. The summed E-state index contributed by atoms with van der Waals surface area (Å²) < 4.78 is 0. The molecule has 18 heavy (non-hydrogen) atoms. The quantitative estimate of drug-likeness (QED) is 0.657. The molecule has 0 amide bonds. The Morgan fingerprint density at radius 2 is 1.61 bits per heavy atom. The molecule has 2 heteroatoms. The van der Waals surface area contributed by atoms with Gasteiger partial charge in [0, 0.05) is 13.1 Å². The summed E-state index contributed by atoms with van der Waals surface area (Å²) in [6.45, 7) is 10.9. The third kappa shape index (κ3) is 5.65. The van der Waals surface area contributed by atoms with Crippen LogP contribution in [0.5, 0.6) is 0 Å². The van der Waals surface area contributed by atoms with Gasteiger partial charge in [0.15, 0.2) is 0 Å². The first-order valence-electron chi connectivity index (χ1n) is 7.28. The zero-order valence-corrected chi connectivity index (χ0v) is 12.1. The van der Waals surface area contributed by atoms with Crippen molar-refractivity contribution in [3.8, 4) is 0 Å². The molecule has 0 fully saturated rings. The van der Waals surface area contributed by atoms with E-state index >= 15 is 0 Å². The molecule has 0 aromatic heterocycles. The third-order valence-corrected chi connectivity index (χ3v) is 3.48. The van der Waals surface area contributed by atoms with Crippen LogP contribution in [0.1, 0.15) is 44.2 Å². The third-order valence-electron chi connectivity index (χ3n) is 3.48. The van der Waals surface area contributed by atoms with Crippen molar-refractivity contribution in [1.29, 1.82) is 0 Å². The first-order valence-corrected chi connectivity index (χ1v) is 7.28. The van der Waals surface area contributed by atoms with Gasteiger partial charge in [0.25, 0.3) is 0 Å². The lowest BCUT2D eigenvalue weighted by Crippen LogP contribution is -2.28. The summed E-state index contributed by atoms with van der Waals surface area (Å²) >= 11 is 0. The van der Waals surface area contributed by atoms with E-state index in [-0.39, 0.29) is 0 Å². The smallest absolute Gasteiger partial charge is 0.00768 e. The van der Waals surface area contributed by atoms with Gasteiger partial charge in [-0.1, -0.05) is 45.0 Å². The summed E-state index contributed by atoms with van der Waals surface area (Å²) in [5, 5.41) is 6.77. The molecular weight excluding hydrogens is 220 g/mol. The van der Waals surface area contributed by atoms with E-state index in [1.807, 2.05) is 0 Å². The molecule has 2 N–H and O–H groups in total. The van der Waals surface area contributed by atoms with Gasteiger partial charge in [-0.05, 0) is 43.0 Å². The van der Waals surface area contributed by atoms with E-state index in [4.69, 9.17) is 0 Å². The minimum absolute atomic E-state index is 0.678. The topological polar surface area (TPSA) is 24.1 Å². The van der Waals surface area contributed by atoms with Crippen molar-refractivity contribution in [2.45, 2.75) is 39.5 Å². The van der Waals surface area contributed by atoms with Crippen LogP contribution >= 0.6 is 0 Å². The van der Waals surface area contributed by atoms with Gasteiger partial charge in [0.2, 0.25) is 0 Å². The van der Waals surface area contributed by atoms with Crippen LogP contribution < -0.4 is 10.6 Å². The highest BCUT2D eigenvalue weighted by molar-refractivity contribution is 5.25. The standard InChI is InChI=1S/C16H28N2/c1-4-14(3)16-8-6-15(7-9-16)10-11-18-13-12-17-5-2/h6-9,14,17-18H,4-5,10-13H2,1-3H3. The Morgan fingerprint density at radius 3 is 2.22 bits per heavy atom. The lowest BCUT2D eigenvalue weighted by Gasteiger charge is -2.10. The molecule has 0 radical (unpaired) electrons. The maximum atomic E-state index is 3.45. The Labute approximate surface area is 112 Å². The Bertz CT molecular complexity index is 305. The van der Waals surface area contributed by atoms with Crippen LogP contribution in [0.4, 0.5) is 0 Å². The zero-order valence-electron chi connectivity index (χ0n) is 12.1. The van der Waals surface area contributed by atoms with Crippen molar-refractivity contribution in [2.24, 2.45) is 0 Å². The summed E-state index contributed by atoms with van der Waals surface area (Å²) in [7, 11) is 0. The van der Waals surface area contributed by atoms with E-state index in [1.54, 1.807) is 0 Å². The molecule has 1 atom stereocenters. The lowest BCUT2D eigenvalue weighted by atomic mass is 9.97. The van der Waals surface area contributed by atoms with Crippen molar-refractivity contribution in [3.05, 3.63) is 35.4 Å². The van der Waals surface area contributed by atoms with Gasteiger partial charge in [-0.25, -0.2) is 0 Å². The first kappa shape index (κ1) is 15.2. The normalized spacial score (nSPS) is 12.6. The van der Waals surface area contributed by atoms with Gasteiger partial charge in [-0.2, -0.15) is 0 Å². The van der Waals surface area contributed by atoms with Crippen molar-refractivity contribution in [1.82, 2.24) is 10.6 Å². The monoisotopic (exact) mass is 248 g/mol. The summed E-state index contributed by atoms with van der Waals surface area (Å²) in [6, 6.07) is 9.10. The van der Waals surface area contributed by atoms with Crippen LogP contribution in [0, 0.1) is 0 Å². The second-order valence-corrected chi connectivity index (χ2v) is 4.90. The summed E-state index contributed by atoms with van der Waals surface area (Å²) in [4.78, 5) is 0. The van der Waals surface area contributed by atoms with E-state index in [2.05, 4.69) is 55.7 Å². The predicted octanol–water partition coefficient (Wildman–Crippen LogP) is 2.94. The predicted molar refractivity (Wildman–Crippen MR) is 80.3 cm³/mol. The SMILES string of the molecule is CCNCCNCCc1ccc(C(C)CC)cc1. The highest BCUT2D eigenvalue weighted by Gasteiger charge is 2.02. The molecule has 0 aliphatic carbocycles. The molecular formula is C16H28N2. The van der Waals surface area contributed by atoms with Gasteiger partial charge >= 0.3 is 0 Å². The number of benzene rings is 1. The lowest BCUT2D eigenvalue weighted by molar-refractivity contribution is 0.624. The minimum Gasteiger partial charge on any atom is -0.316 e. The van der Waals surface area contributed by atoms with Gasteiger partial charge in [0.1, 0.15) is 0 Å².